The third-order valence-electron chi connectivity index (χ3n) is 3.40. The van der Waals surface area contributed by atoms with Gasteiger partial charge in [0.25, 0.3) is 0 Å². The summed E-state index contributed by atoms with van der Waals surface area (Å²) in [5, 5.41) is 7.92. The maximum Gasteiger partial charge on any atom is 0.164 e. The smallest absolute Gasteiger partial charge is 0.164 e. The predicted octanol–water partition coefficient (Wildman–Crippen LogP) is 1.09. The number of aryl methyl sites for hydroxylation is 1. The Morgan fingerprint density at radius 2 is 2.07 bits per heavy atom. The van der Waals surface area contributed by atoms with E-state index in [0.29, 0.717) is 0 Å². The number of nitrogens with one attached hydrogen (secondary N) is 1. The Morgan fingerprint density at radius 3 is 2.53 bits per heavy atom. The van der Waals surface area contributed by atoms with E-state index in [1.807, 2.05) is 7.05 Å². The van der Waals surface area contributed by atoms with Crippen molar-refractivity contribution in [1.29, 1.82) is 0 Å². The molecule has 0 spiro atoms. The minimum Gasteiger partial charge on any atom is -0.306 e. The van der Waals surface area contributed by atoms with Crippen molar-refractivity contribution < 1.29 is 0 Å². The molecule has 15 heavy (non-hydrogen) atoms. The fourth-order valence-corrected chi connectivity index (χ4v) is 2.30. The van der Waals surface area contributed by atoms with Gasteiger partial charge in [-0.1, -0.05) is 0 Å². The lowest BCUT2D eigenvalue weighted by Crippen LogP contribution is -2.32. The van der Waals surface area contributed by atoms with Crippen molar-refractivity contribution in [3.63, 3.8) is 0 Å². The highest BCUT2D eigenvalue weighted by atomic mass is 15.3. The summed E-state index contributed by atoms with van der Waals surface area (Å²) in [7, 11) is 1.91. The molecule has 3 rings (SSSR count). The predicted molar refractivity (Wildman–Crippen MR) is 57.1 cm³/mol. The van der Waals surface area contributed by atoms with Crippen LogP contribution in [-0.2, 0) is 13.6 Å². The minimum atomic E-state index is 0.744. The first-order valence-corrected chi connectivity index (χ1v) is 5.91. The van der Waals surface area contributed by atoms with Gasteiger partial charge in [-0.2, -0.15) is 5.10 Å². The highest BCUT2D eigenvalue weighted by Gasteiger charge is 2.41. The zero-order valence-corrected chi connectivity index (χ0v) is 9.19. The Labute approximate surface area is 90.1 Å². The number of rotatable bonds is 5. The molecule has 0 saturated heterocycles. The average Bonchev–Trinajstić information content (AvgIpc) is 3.09. The Kier molecular flexibility index (Phi) is 2.24. The SMILES string of the molecule is Cn1cnc(CNC(C2CC2)C2CC2)n1. The van der Waals surface area contributed by atoms with Gasteiger partial charge in [-0.25, -0.2) is 4.98 Å². The highest BCUT2D eigenvalue weighted by Crippen LogP contribution is 2.44. The van der Waals surface area contributed by atoms with Crippen LogP contribution in [0.3, 0.4) is 0 Å². The molecular formula is C11H18N4. The van der Waals surface area contributed by atoms with Gasteiger partial charge in [-0.3, -0.25) is 4.68 Å². The fourth-order valence-electron chi connectivity index (χ4n) is 2.30. The van der Waals surface area contributed by atoms with E-state index in [9.17, 15) is 0 Å². The molecule has 2 saturated carbocycles. The average molecular weight is 206 g/mol. The molecule has 4 heteroatoms. The summed E-state index contributed by atoms with van der Waals surface area (Å²) in [6.45, 7) is 0.832. The lowest BCUT2D eigenvalue weighted by atomic mass is 10.1. The van der Waals surface area contributed by atoms with Crippen LogP contribution in [-0.4, -0.2) is 20.8 Å². The van der Waals surface area contributed by atoms with E-state index in [-0.39, 0.29) is 0 Å². The molecule has 4 nitrogen and oxygen atoms in total. The summed E-state index contributed by atoms with van der Waals surface area (Å²) in [5.41, 5.74) is 0. The van der Waals surface area contributed by atoms with Gasteiger partial charge in [0, 0.05) is 13.1 Å². The van der Waals surface area contributed by atoms with Crippen LogP contribution < -0.4 is 5.32 Å². The zero-order valence-electron chi connectivity index (χ0n) is 9.19. The summed E-state index contributed by atoms with van der Waals surface area (Å²) in [4.78, 5) is 4.24. The van der Waals surface area contributed by atoms with Gasteiger partial charge >= 0.3 is 0 Å². The first-order valence-electron chi connectivity index (χ1n) is 5.91. The van der Waals surface area contributed by atoms with Crippen molar-refractivity contribution in [2.75, 3.05) is 0 Å². The van der Waals surface area contributed by atoms with Crippen molar-refractivity contribution in [3.05, 3.63) is 12.2 Å². The first kappa shape index (κ1) is 9.33. The Hall–Kier alpha value is -0.900. The third-order valence-corrected chi connectivity index (χ3v) is 3.40. The quantitative estimate of drug-likeness (QED) is 0.784. The number of nitrogens with zero attached hydrogens (tertiary/aromatic N) is 3. The highest BCUT2D eigenvalue weighted by molar-refractivity contribution is 4.97. The molecule has 2 aliphatic rings. The monoisotopic (exact) mass is 206 g/mol. The van der Waals surface area contributed by atoms with Crippen LogP contribution in [0.4, 0.5) is 0 Å². The molecule has 0 aliphatic heterocycles. The maximum absolute atomic E-state index is 4.29. The van der Waals surface area contributed by atoms with Gasteiger partial charge in [0.05, 0.1) is 6.54 Å². The number of aromatic nitrogens is 3. The molecule has 1 aromatic rings. The maximum atomic E-state index is 4.29. The fraction of sp³-hybridized carbons (Fsp3) is 0.818. The van der Waals surface area contributed by atoms with Crippen LogP contribution in [0.25, 0.3) is 0 Å². The second kappa shape index (κ2) is 3.59. The van der Waals surface area contributed by atoms with Crippen LogP contribution in [0.5, 0.6) is 0 Å². The molecule has 0 bridgehead atoms. The Morgan fingerprint density at radius 1 is 1.40 bits per heavy atom. The lowest BCUT2D eigenvalue weighted by Gasteiger charge is -2.16. The van der Waals surface area contributed by atoms with Crippen molar-refractivity contribution in [2.24, 2.45) is 18.9 Å². The molecular weight excluding hydrogens is 188 g/mol. The molecule has 82 valence electrons. The van der Waals surface area contributed by atoms with Crippen molar-refractivity contribution in [3.8, 4) is 0 Å². The Balaban J connectivity index is 1.55. The molecule has 0 unspecified atom stereocenters. The topological polar surface area (TPSA) is 42.7 Å². The minimum absolute atomic E-state index is 0.744. The molecule has 1 aromatic heterocycles. The third kappa shape index (κ3) is 2.20. The summed E-state index contributed by atoms with van der Waals surface area (Å²) >= 11 is 0. The summed E-state index contributed by atoms with van der Waals surface area (Å²) in [6, 6.07) is 0.744. The van der Waals surface area contributed by atoms with Crippen LogP contribution in [0, 0.1) is 11.8 Å². The van der Waals surface area contributed by atoms with Gasteiger partial charge in [-0.05, 0) is 37.5 Å². The van der Waals surface area contributed by atoms with Crippen LogP contribution in [0.2, 0.25) is 0 Å². The van der Waals surface area contributed by atoms with Gasteiger partial charge in [-0.15, -0.1) is 0 Å². The summed E-state index contributed by atoms with van der Waals surface area (Å²) < 4.78 is 1.76. The molecule has 0 radical (unpaired) electrons. The molecule has 2 fully saturated rings. The van der Waals surface area contributed by atoms with Crippen molar-refractivity contribution >= 4 is 0 Å². The van der Waals surface area contributed by atoms with Gasteiger partial charge < -0.3 is 5.32 Å². The van der Waals surface area contributed by atoms with E-state index >= 15 is 0 Å². The summed E-state index contributed by atoms with van der Waals surface area (Å²) in [5.74, 6) is 2.81. The van der Waals surface area contributed by atoms with Crippen LogP contribution in [0.15, 0.2) is 6.33 Å². The molecule has 0 aromatic carbocycles. The van der Waals surface area contributed by atoms with Crippen molar-refractivity contribution in [1.82, 2.24) is 20.1 Å². The lowest BCUT2D eigenvalue weighted by molar-refractivity contribution is 0.410. The normalized spacial score (nSPS) is 21.2. The second-order valence-corrected chi connectivity index (χ2v) is 4.92. The molecule has 2 aliphatic carbocycles. The number of hydrogen-bond acceptors (Lipinski definition) is 3. The second-order valence-electron chi connectivity index (χ2n) is 4.92. The van der Waals surface area contributed by atoms with Crippen LogP contribution in [0.1, 0.15) is 31.5 Å². The van der Waals surface area contributed by atoms with E-state index in [1.165, 1.54) is 25.7 Å². The van der Waals surface area contributed by atoms with Crippen LogP contribution >= 0.6 is 0 Å². The van der Waals surface area contributed by atoms with Gasteiger partial charge in [0.1, 0.15) is 6.33 Å². The van der Waals surface area contributed by atoms with E-state index in [2.05, 4.69) is 15.4 Å². The molecule has 0 amide bonds. The van der Waals surface area contributed by atoms with Gasteiger partial charge in [0.2, 0.25) is 0 Å². The van der Waals surface area contributed by atoms with E-state index in [4.69, 9.17) is 0 Å². The zero-order chi connectivity index (χ0) is 10.3. The largest absolute Gasteiger partial charge is 0.306 e. The number of hydrogen-bond donors (Lipinski definition) is 1. The van der Waals surface area contributed by atoms with E-state index in [0.717, 1.165) is 30.2 Å². The molecule has 0 atom stereocenters. The van der Waals surface area contributed by atoms with E-state index in [1.54, 1.807) is 11.0 Å². The Bertz CT molecular complexity index is 326. The standard InChI is InChI=1S/C11H18N4/c1-15-7-13-10(14-15)6-12-11(8-2-3-8)9-4-5-9/h7-9,11-12H,2-6H2,1H3. The molecule has 1 N–H and O–H groups in total. The van der Waals surface area contributed by atoms with E-state index < -0.39 is 0 Å². The first-order chi connectivity index (χ1) is 7.33. The molecule has 1 heterocycles. The summed E-state index contributed by atoms with van der Waals surface area (Å²) in [6.07, 6.45) is 7.45. The van der Waals surface area contributed by atoms with Crippen molar-refractivity contribution in [2.45, 2.75) is 38.3 Å². The van der Waals surface area contributed by atoms with Gasteiger partial charge in [0.15, 0.2) is 5.82 Å².